The molecule has 1 rings (SSSR count). The Balaban J connectivity index is 2.58. The average molecular weight is 185 g/mol. The van der Waals surface area contributed by atoms with E-state index in [0.717, 1.165) is 11.4 Å². The standard InChI is InChI=1S/C7H11N3OS/c1-3-7-9-5(10-12-7)4-6(11)8-2/h3-4H2,1-2H3,(H,8,11). The van der Waals surface area contributed by atoms with Gasteiger partial charge in [0.05, 0.1) is 6.42 Å². The summed E-state index contributed by atoms with van der Waals surface area (Å²) in [6.07, 6.45) is 1.17. The fraction of sp³-hybridized carbons (Fsp3) is 0.571. The van der Waals surface area contributed by atoms with Gasteiger partial charge in [0.2, 0.25) is 5.91 Å². The Bertz CT molecular complexity index is 271. The lowest BCUT2D eigenvalue weighted by molar-refractivity contribution is -0.120. The quantitative estimate of drug-likeness (QED) is 0.741. The van der Waals surface area contributed by atoms with Crippen LogP contribution in [0.25, 0.3) is 0 Å². The zero-order valence-corrected chi connectivity index (χ0v) is 7.94. The molecule has 1 aromatic rings. The van der Waals surface area contributed by atoms with Gasteiger partial charge >= 0.3 is 0 Å². The number of nitrogens with one attached hydrogen (secondary N) is 1. The van der Waals surface area contributed by atoms with Crippen molar-refractivity contribution in [1.82, 2.24) is 14.7 Å². The van der Waals surface area contributed by atoms with E-state index in [9.17, 15) is 4.79 Å². The third-order valence-electron chi connectivity index (χ3n) is 1.41. The van der Waals surface area contributed by atoms with Crippen molar-refractivity contribution in [3.63, 3.8) is 0 Å². The highest BCUT2D eigenvalue weighted by molar-refractivity contribution is 7.05. The van der Waals surface area contributed by atoms with Crippen LogP contribution in [0.2, 0.25) is 0 Å². The van der Waals surface area contributed by atoms with Gasteiger partial charge in [-0.25, -0.2) is 4.98 Å². The number of nitrogens with zero attached hydrogens (tertiary/aromatic N) is 2. The van der Waals surface area contributed by atoms with Gasteiger partial charge in [-0.3, -0.25) is 4.79 Å². The predicted molar refractivity (Wildman–Crippen MR) is 47.1 cm³/mol. The summed E-state index contributed by atoms with van der Waals surface area (Å²) in [5.74, 6) is 0.576. The molecule has 0 unspecified atom stereocenters. The lowest BCUT2D eigenvalue weighted by Gasteiger charge is -1.92. The molecule has 0 radical (unpaired) electrons. The third-order valence-corrected chi connectivity index (χ3v) is 2.30. The normalized spacial score (nSPS) is 9.83. The highest BCUT2D eigenvalue weighted by atomic mass is 32.1. The number of rotatable bonds is 3. The van der Waals surface area contributed by atoms with Crippen LogP contribution in [0.5, 0.6) is 0 Å². The molecule has 0 aromatic carbocycles. The molecule has 5 heteroatoms. The van der Waals surface area contributed by atoms with Crippen LogP contribution in [0.15, 0.2) is 0 Å². The SMILES string of the molecule is CCc1nc(CC(=O)NC)ns1. The van der Waals surface area contributed by atoms with Crippen molar-refractivity contribution in [1.29, 1.82) is 0 Å². The van der Waals surface area contributed by atoms with Crippen LogP contribution in [0.4, 0.5) is 0 Å². The Morgan fingerprint density at radius 2 is 2.42 bits per heavy atom. The summed E-state index contributed by atoms with van der Waals surface area (Å²) in [5, 5.41) is 3.51. The number of carbonyl (C=O) groups is 1. The van der Waals surface area contributed by atoms with Crippen molar-refractivity contribution in [3.05, 3.63) is 10.8 Å². The highest BCUT2D eigenvalue weighted by Crippen LogP contribution is 2.05. The molecule has 0 saturated heterocycles. The third kappa shape index (κ3) is 2.27. The van der Waals surface area contributed by atoms with E-state index in [1.807, 2.05) is 6.92 Å². The number of likely N-dealkylation sites (N-methyl/N-ethyl adjacent to an activating group) is 1. The smallest absolute Gasteiger partial charge is 0.227 e. The van der Waals surface area contributed by atoms with E-state index in [2.05, 4.69) is 14.7 Å². The summed E-state index contributed by atoms with van der Waals surface area (Å²) in [7, 11) is 1.61. The maximum absolute atomic E-state index is 10.9. The van der Waals surface area contributed by atoms with Crippen LogP contribution in [0.1, 0.15) is 17.8 Å². The van der Waals surface area contributed by atoms with E-state index >= 15 is 0 Å². The Morgan fingerprint density at radius 1 is 1.67 bits per heavy atom. The molecular weight excluding hydrogens is 174 g/mol. The molecule has 1 N–H and O–H groups in total. The van der Waals surface area contributed by atoms with E-state index in [0.29, 0.717) is 5.82 Å². The summed E-state index contributed by atoms with van der Waals surface area (Å²) in [6.45, 7) is 2.02. The molecule has 4 nitrogen and oxygen atoms in total. The maximum Gasteiger partial charge on any atom is 0.227 e. The van der Waals surface area contributed by atoms with Gasteiger partial charge in [-0.2, -0.15) is 4.37 Å². The predicted octanol–water partition coefficient (Wildman–Crippen LogP) is 0.389. The molecule has 66 valence electrons. The number of hydrogen-bond donors (Lipinski definition) is 1. The van der Waals surface area contributed by atoms with Gasteiger partial charge in [0.15, 0.2) is 5.82 Å². The van der Waals surface area contributed by atoms with Gasteiger partial charge in [-0.05, 0) is 18.0 Å². The van der Waals surface area contributed by atoms with Gasteiger partial charge in [0, 0.05) is 7.05 Å². The molecule has 1 heterocycles. The van der Waals surface area contributed by atoms with Crippen LogP contribution in [0, 0.1) is 0 Å². The van der Waals surface area contributed by atoms with Crippen LogP contribution >= 0.6 is 11.5 Å². The molecule has 0 aliphatic heterocycles. The van der Waals surface area contributed by atoms with Gasteiger partial charge in [0.1, 0.15) is 5.01 Å². The maximum atomic E-state index is 10.9. The van der Waals surface area contributed by atoms with E-state index < -0.39 is 0 Å². The Kier molecular flexibility index (Phi) is 3.16. The minimum atomic E-state index is -0.0459. The molecule has 1 amide bonds. The van der Waals surface area contributed by atoms with E-state index in [1.165, 1.54) is 11.5 Å². The molecule has 0 atom stereocenters. The first-order chi connectivity index (χ1) is 5.76. The van der Waals surface area contributed by atoms with Gasteiger partial charge in [-0.1, -0.05) is 6.92 Å². The zero-order chi connectivity index (χ0) is 8.97. The molecule has 0 aliphatic carbocycles. The Labute approximate surface area is 75.2 Å². The summed E-state index contributed by atoms with van der Waals surface area (Å²) < 4.78 is 4.04. The van der Waals surface area contributed by atoms with Gasteiger partial charge in [0.25, 0.3) is 0 Å². The van der Waals surface area contributed by atoms with Crippen molar-refractivity contribution in [2.24, 2.45) is 0 Å². The molecule has 1 aromatic heterocycles. The first-order valence-corrected chi connectivity index (χ1v) is 4.55. The first-order valence-electron chi connectivity index (χ1n) is 3.78. The van der Waals surface area contributed by atoms with Gasteiger partial charge < -0.3 is 5.32 Å². The van der Waals surface area contributed by atoms with Crippen molar-refractivity contribution in [3.8, 4) is 0 Å². The van der Waals surface area contributed by atoms with Crippen LogP contribution in [0.3, 0.4) is 0 Å². The van der Waals surface area contributed by atoms with Crippen molar-refractivity contribution >= 4 is 17.4 Å². The molecule has 12 heavy (non-hydrogen) atoms. The number of hydrogen-bond acceptors (Lipinski definition) is 4. The molecule has 0 fully saturated rings. The summed E-state index contributed by atoms with van der Waals surface area (Å²) in [6, 6.07) is 0. The Hall–Kier alpha value is -0.970. The summed E-state index contributed by atoms with van der Waals surface area (Å²) >= 11 is 1.36. The summed E-state index contributed by atoms with van der Waals surface area (Å²) in [5.41, 5.74) is 0. The second kappa shape index (κ2) is 4.15. The number of aryl methyl sites for hydroxylation is 1. The second-order valence-corrected chi connectivity index (χ2v) is 3.14. The lowest BCUT2D eigenvalue weighted by atomic mass is 10.4. The lowest BCUT2D eigenvalue weighted by Crippen LogP contribution is -2.20. The van der Waals surface area contributed by atoms with E-state index in [4.69, 9.17) is 0 Å². The van der Waals surface area contributed by atoms with Crippen molar-refractivity contribution < 1.29 is 4.79 Å². The molecule has 0 bridgehead atoms. The molecular formula is C7H11N3OS. The first kappa shape index (κ1) is 9.12. The minimum Gasteiger partial charge on any atom is -0.359 e. The fourth-order valence-corrected chi connectivity index (χ4v) is 1.33. The fourth-order valence-electron chi connectivity index (χ4n) is 0.738. The molecule has 0 aliphatic rings. The molecule has 0 saturated carbocycles. The van der Waals surface area contributed by atoms with Crippen LogP contribution in [-0.2, 0) is 17.6 Å². The van der Waals surface area contributed by atoms with Crippen LogP contribution in [-0.4, -0.2) is 22.3 Å². The second-order valence-electron chi connectivity index (χ2n) is 2.31. The zero-order valence-electron chi connectivity index (χ0n) is 7.13. The van der Waals surface area contributed by atoms with Crippen LogP contribution < -0.4 is 5.32 Å². The monoisotopic (exact) mass is 185 g/mol. The van der Waals surface area contributed by atoms with E-state index in [1.54, 1.807) is 7.05 Å². The van der Waals surface area contributed by atoms with Crippen molar-refractivity contribution in [2.75, 3.05) is 7.05 Å². The molecule has 0 spiro atoms. The largest absolute Gasteiger partial charge is 0.359 e. The minimum absolute atomic E-state index is 0.0459. The number of aromatic nitrogens is 2. The van der Waals surface area contributed by atoms with Gasteiger partial charge in [-0.15, -0.1) is 0 Å². The van der Waals surface area contributed by atoms with E-state index in [-0.39, 0.29) is 12.3 Å². The Morgan fingerprint density at radius 3 is 2.92 bits per heavy atom. The van der Waals surface area contributed by atoms with Crippen molar-refractivity contribution in [2.45, 2.75) is 19.8 Å². The number of carbonyl (C=O) groups excluding carboxylic acids is 1. The average Bonchev–Trinajstić information content (AvgIpc) is 2.52. The number of amides is 1. The summed E-state index contributed by atoms with van der Waals surface area (Å²) in [4.78, 5) is 15.1. The highest BCUT2D eigenvalue weighted by Gasteiger charge is 2.06. The topological polar surface area (TPSA) is 54.9 Å².